The van der Waals surface area contributed by atoms with E-state index in [4.69, 9.17) is 0 Å². The molecule has 0 fully saturated rings. The van der Waals surface area contributed by atoms with Crippen molar-refractivity contribution < 1.29 is 17.6 Å². The van der Waals surface area contributed by atoms with E-state index in [-0.39, 0.29) is 27.9 Å². The van der Waals surface area contributed by atoms with Crippen molar-refractivity contribution in [2.24, 2.45) is 0 Å². The van der Waals surface area contributed by atoms with E-state index in [9.17, 15) is 22.8 Å². The fourth-order valence-corrected chi connectivity index (χ4v) is 3.67. The summed E-state index contributed by atoms with van der Waals surface area (Å²) in [5, 5.41) is 9.40. The van der Waals surface area contributed by atoms with Crippen molar-refractivity contribution in [3.63, 3.8) is 0 Å². The van der Waals surface area contributed by atoms with Crippen LogP contribution in [0.5, 0.6) is 0 Å². The SMILES string of the molecule is C=C(C)C(CC)Sc1cc(N(C(=C)C)C(=C)/C=C(\C)C(F)(F)F)c(F)cc1C#N.CC. The van der Waals surface area contributed by atoms with Crippen LogP contribution in [0, 0.1) is 17.1 Å². The van der Waals surface area contributed by atoms with Crippen molar-refractivity contribution in [3.8, 4) is 6.07 Å². The lowest BCUT2D eigenvalue weighted by molar-refractivity contribution is -0.0913. The van der Waals surface area contributed by atoms with E-state index < -0.39 is 17.6 Å². The maximum absolute atomic E-state index is 14.8. The second-order valence-corrected chi connectivity index (χ2v) is 7.90. The number of anilines is 1. The van der Waals surface area contributed by atoms with Crippen molar-refractivity contribution >= 4 is 17.4 Å². The van der Waals surface area contributed by atoms with Crippen LogP contribution < -0.4 is 4.90 Å². The van der Waals surface area contributed by atoms with Crippen LogP contribution in [0.4, 0.5) is 23.2 Å². The smallest absolute Gasteiger partial charge is 0.313 e. The molecule has 0 amide bonds. The number of benzene rings is 1. The lowest BCUT2D eigenvalue weighted by atomic mass is 10.1. The molecule has 0 N–H and O–H groups in total. The lowest BCUT2D eigenvalue weighted by Gasteiger charge is -2.27. The normalized spacial score (nSPS) is 12.2. The van der Waals surface area contributed by atoms with E-state index >= 15 is 0 Å². The summed E-state index contributed by atoms with van der Waals surface area (Å²) in [6.07, 6.45) is -2.94. The van der Waals surface area contributed by atoms with Gasteiger partial charge in [-0.15, -0.1) is 11.8 Å². The van der Waals surface area contributed by atoms with Crippen LogP contribution in [-0.2, 0) is 0 Å². The van der Waals surface area contributed by atoms with Gasteiger partial charge in [-0.3, -0.25) is 0 Å². The third kappa shape index (κ3) is 7.95. The Balaban J connectivity index is 0.00000436. The van der Waals surface area contributed by atoms with Crippen LogP contribution in [-0.4, -0.2) is 11.4 Å². The number of nitrogens with zero attached hydrogens (tertiary/aromatic N) is 2. The Bertz CT molecular complexity index is 892. The zero-order valence-corrected chi connectivity index (χ0v) is 19.8. The zero-order valence-electron chi connectivity index (χ0n) is 19.0. The predicted octanol–water partition coefficient (Wildman–Crippen LogP) is 8.53. The summed E-state index contributed by atoms with van der Waals surface area (Å²) in [6.45, 7) is 21.6. The van der Waals surface area contributed by atoms with Gasteiger partial charge in [-0.05, 0) is 45.4 Å². The molecule has 7 heteroatoms. The Hall–Kier alpha value is -2.46. The largest absolute Gasteiger partial charge is 0.412 e. The molecular weight excluding hydrogens is 424 g/mol. The fourth-order valence-electron chi connectivity index (χ4n) is 2.59. The van der Waals surface area contributed by atoms with Crippen molar-refractivity contribution in [2.45, 2.75) is 64.3 Å². The number of hydrogen-bond donors (Lipinski definition) is 0. The van der Waals surface area contributed by atoms with Gasteiger partial charge in [0.2, 0.25) is 0 Å². The highest BCUT2D eigenvalue weighted by Gasteiger charge is 2.30. The molecule has 0 bridgehead atoms. The van der Waals surface area contributed by atoms with Gasteiger partial charge in [-0.2, -0.15) is 18.4 Å². The summed E-state index contributed by atoms with van der Waals surface area (Å²) in [4.78, 5) is 1.71. The molecule has 0 spiro atoms. The first-order valence-electron chi connectivity index (χ1n) is 9.79. The zero-order chi connectivity index (χ0) is 24.5. The third-order valence-electron chi connectivity index (χ3n) is 4.10. The molecule has 0 saturated carbocycles. The first kappa shape index (κ1) is 28.5. The Morgan fingerprint density at radius 2 is 1.74 bits per heavy atom. The molecule has 1 rings (SSSR count). The monoisotopic (exact) mass is 454 g/mol. The molecule has 0 aliphatic rings. The highest BCUT2D eigenvalue weighted by molar-refractivity contribution is 8.00. The van der Waals surface area contributed by atoms with Gasteiger partial charge < -0.3 is 4.90 Å². The Morgan fingerprint density at radius 3 is 2.13 bits per heavy atom. The van der Waals surface area contributed by atoms with Crippen LogP contribution in [0.1, 0.15) is 53.5 Å². The quantitative estimate of drug-likeness (QED) is 0.170. The predicted molar refractivity (Wildman–Crippen MR) is 123 cm³/mol. The van der Waals surface area contributed by atoms with Crippen molar-refractivity contribution in [2.75, 3.05) is 4.90 Å². The van der Waals surface area contributed by atoms with E-state index in [0.717, 1.165) is 31.1 Å². The number of halogens is 4. The molecule has 0 aliphatic carbocycles. The second kappa shape index (κ2) is 12.4. The van der Waals surface area contributed by atoms with Crippen LogP contribution >= 0.6 is 11.8 Å². The fraction of sp³-hybridized carbons (Fsp3) is 0.375. The van der Waals surface area contributed by atoms with E-state index in [1.54, 1.807) is 0 Å². The molecule has 1 aromatic carbocycles. The van der Waals surface area contributed by atoms with E-state index in [2.05, 4.69) is 19.7 Å². The Morgan fingerprint density at radius 1 is 1.19 bits per heavy atom. The number of rotatable bonds is 8. The van der Waals surface area contributed by atoms with Gasteiger partial charge in [-0.1, -0.05) is 46.1 Å². The van der Waals surface area contributed by atoms with Gasteiger partial charge in [0.05, 0.1) is 11.3 Å². The summed E-state index contributed by atoms with van der Waals surface area (Å²) in [7, 11) is 0. The van der Waals surface area contributed by atoms with Crippen LogP contribution in [0.3, 0.4) is 0 Å². The van der Waals surface area contributed by atoms with Crippen LogP contribution in [0.2, 0.25) is 0 Å². The molecule has 1 aromatic rings. The maximum Gasteiger partial charge on any atom is 0.412 e. The van der Waals surface area contributed by atoms with Gasteiger partial charge in [-0.25, -0.2) is 4.39 Å². The molecule has 0 heterocycles. The van der Waals surface area contributed by atoms with Crippen molar-refractivity contribution in [1.29, 1.82) is 5.26 Å². The van der Waals surface area contributed by atoms with Gasteiger partial charge in [0, 0.05) is 27.1 Å². The maximum atomic E-state index is 14.8. The van der Waals surface area contributed by atoms with E-state index in [1.165, 1.54) is 29.7 Å². The molecule has 170 valence electrons. The minimum Gasteiger partial charge on any atom is -0.313 e. The Labute approximate surface area is 187 Å². The topological polar surface area (TPSA) is 27.0 Å². The number of hydrogen-bond acceptors (Lipinski definition) is 3. The summed E-state index contributed by atoms with van der Waals surface area (Å²) in [5.74, 6) is -0.753. The highest BCUT2D eigenvalue weighted by Crippen LogP contribution is 2.38. The lowest BCUT2D eigenvalue weighted by Crippen LogP contribution is -2.21. The molecule has 1 unspecified atom stereocenters. The third-order valence-corrected chi connectivity index (χ3v) is 5.71. The van der Waals surface area contributed by atoms with Crippen LogP contribution in [0.15, 0.2) is 65.4 Å². The van der Waals surface area contributed by atoms with Crippen molar-refractivity contribution in [1.82, 2.24) is 0 Å². The van der Waals surface area contributed by atoms with Crippen molar-refractivity contribution in [3.05, 3.63) is 71.9 Å². The minimum absolute atomic E-state index is 0.00857. The summed E-state index contributed by atoms with van der Waals surface area (Å²) in [5.41, 5.74) is 0.353. The number of alkyl halides is 3. The Kier molecular flexibility index (Phi) is 11.4. The summed E-state index contributed by atoms with van der Waals surface area (Å²) < 4.78 is 53.5. The van der Waals surface area contributed by atoms with E-state index in [0.29, 0.717) is 4.90 Å². The molecule has 0 aromatic heterocycles. The molecule has 0 radical (unpaired) electrons. The summed E-state index contributed by atoms with van der Waals surface area (Å²) >= 11 is 1.36. The van der Waals surface area contributed by atoms with Gasteiger partial charge >= 0.3 is 6.18 Å². The molecule has 1 atom stereocenters. The molecule has 0 aliphatic heterocycles. The van der Waals surface area contributed by atoms with E-state index in [1.807, 2.05) is 33.8 Å². The molecule has 2 nitrogen and oxygen atoms in total. The number of allylic oxidation sites excluding steroid dienone is 3. The van der Waals surface area contributed by atoms with Gasteiger partial charge in [0.15, 0.2) is 0 Å². The van der Waals surface area contributed by atoms with Gasteiger partial charge in [0.25, 0.3) is 0 Å². The number of nitriles is 1. The minimum atomic E-state index is -4.52. The first-order valence-corrected chi connectivity index (χ1v) is 10.7. The number of thioether (sulfide) groups is 1. The standard InChI is InChI=1S/C22H24F4N2S.C2H6/c1-8-20(13(2)3)29-21-11-19(18(23)10-17(21)12-27)28(14(4)5)16(7)9-15(6)22(24,25)26;1-2/h9-11,20H,2,4,7-8H2,1,3,5-6H3;1-2H3/b15-9+;. The average molecular weight is 455 g/mol. The van der Waals surface area contributed by atoms with Crippen LogP contribution in [0.25, 0.3) is 0 Å². The van der Waals surface area contributed by atoms with Gasteiger partial charge in [0.1, 0.15) is 11.9 Å². The molecule has 0 saturated heterocycles. The summed E-state index contributed by atoms with van der Waals surface area (Å²) in [6, 6.07) is 4.49. The molecular formula is C24H30F4N2S. The molecule has 31 heavy (non-hydrogen) atoms. The average Bonchev–Trinajstić information content (AvgIpc) is 2.68. The first-order chi connectivity index (χ1) is 14.3. The highest BCUT2D eigenvalue weighted by atomic mass is 32.2. The second-order valence-electron chi connectivity index (χ2n) is 6.66.